The van der Waals surface area contributed by atoms with E-state index in [1.54, 1.807) is 12.1 Å². The number of hydrogen-bond donors (Lipinski definition) is 2. The second-order valence-electron chi connectivity index (χ2n) is 10.7. The van der Waals surface area contributed by atoms with Crippen LogP contribution in [-0.2, 0) is 5.41 Å². The van der Waals surface area contributed by atoms with Crippen LogP contribution in [0.2, 0.25) is 0 Å². The standard InChI is InChI=1S/C30H42N2O3/c1-4-5-6-7-8-9-10-11-12-15-22-31-27-17-14-13-16-26(27)29(2,3)30(31)21-20-24-23-25(32(33)34)18-19-28(24)35-30/h13-14,16-21,23,32-33H,4-12,15,22H2,1-3H3/t30-/m1/s1. The fourth-order valence-corrected chi connectivity index (χ4v) is 5.78. The van der Waals surface area contributed by atoms with Gasteiger partial charge in [0.15, 0.2) is 5.69 Å². The topological polar surface area (TPSA) is 60.2 Å². The molecule has 0 fully saturated rings. The van der Waals surface area contributed by atoms with Crippen LogP contribution in [0.5, 0.6) is 5.75 Å². The number of anilines is 1. The van der Waals surface area contributed by atoms with E-state index in [0.717, 1.165) is 24.3 Å². The number of nitrogens with zero attached hydrogens (tertiary/aromatic N) is 1. The molecule has 2 aliphatic heterocycles. The third kappa shape index (κ3) is 5.13. The first kappa shape index (κ1) is 25.7. The molecule has 2 heterocycles. The Balaban J connectivity index is 1.45. The van der Waals surface area contributed by atoms with Gasteiger partial charge in [-0.25, -0.2) is 5.21 Å². The van der Waals surface area contributed by atoms with Crippen LogP contribution in [0.3, 0.4) is 0 Å². The first-order valence-corrected chi connectivity index (χ1v) is 13.5. The van der Waals surface area contributed by atoms with Gasteiger partial charge in [0.05, 0.1) is 5.41 Å². The molecule has 0 saturated heterocycles. The first-order valence-electron chi connectivity index (χ1n) is 13.5. The summed E-state index contributed by atoms with van der Waals surface area (Å²) in [7, 11) is 0. The van der Waals surface area contributed by atoms with Crippen molar-refractivity contribution < 1.29 is 15.2 Å². The molecule has 190 valence electrons. The summed E-state index contributed by atoms with van der Waals surface area (Å²) < 4.78 is 6.81. The fourth-order valence-electron chi connectivity index (χ4n) is 5.78. The van der Waals surface area contributed by atoms with E-state index in [9.17, 15) is 10.4 Å². The molecule has 2 aromatic carbocycles. The van der Waals surface area contributed by atoms with Gasteiger partial charge in [-0.05, 0) is 50.1 Å². The predicted octanol–water partition coefficient (Wildman–Crippen LogP) is 6.91. The summed E-state index contributed by atoms with van der Waals surface area (Å²) in [4.78, 5) is 2.44. The average Bonchev–Trinajstić information content (AvgIpc) is 3.03. The van der Waals surface area contributed by atoms with E-state index in [-0.39, 0.29) is 11.1 Å². The van der Waals surface area contributed by atoms with E-state index in [0.29, 0.717) is 0 Å². The zero-order chi connectivity index (χ0) is 24.9. The van der Waals surface area contributed by atoms with Crippen LogP contribution in [0.15, 0.2) is 48.5 Å². The van der Waals surface area contributed by atoms with Crippen molar-refractivity contribution in [1.29, 1.82) is 0 Å². The lowest BCUT2D eigenvalue weighted by atomic mass is 9.76. The minimum absolute atomic E-state index is 0.262. The summed E-state index contributed by atoms with van der Waals surface area (Å²) >= 11 is 0. The molecule has 0 aromatic heterocycles. The quantitative estimate of drug-likeness (QED) is 0.257. The molecule has 2 aliphatic rings. The summed E-state index contributed by atoms with van der Waals surface area (Å²) in [5.41, 5.74) is 2.74. The lowest BCUT2D eigenvalue weighted by Gasteiger charge is -2.47. The molecule has 5 nitrogen and oxygen atoms in total. The minimum Gasteiger partial charge on any atom is -0.595 e. The van der Waals surface area contributed by atoms with Crippen LogP contribution in [-0.4, -0.2) is 17.5 Å². The Kier molecular flexibility index (Phi) is 8.20. The maximum Gasteiger partial charge on any atom is 0.212 e. The van der Waals surface area contributed by atoms with Crippen molar-refractivity contribution in [3.05, 3.63) is 64.9 Å². The van der Waals surface area contributed by atoms with E-state index in [4.69, 9.17) is 4.74 Å². The Bertz CT molecular complexity index is 1020. The highest BCUT2D eigenvalue weighted by molar-refractivity contribution is 5.73. The first-order chi connectivity index (χ1) is 16.9. The zero-order valence-electron chi connectivity index (χ0n) is 21.7. The molecule has 0 saturated carbocycles. The summed E-state index contributed by atoms with van der Waals surface area (Å²) in [6.45, 7) is 7.71. The number of para-hydroxylation sites is 1. The van der Waals surface area contributed by atoms with E-state index < -0.39 is 11.0 Å². The van der Waals surface area contributed by atoms with E-state index in [1.165, 1.54) is 69.0 Å². The SMILES string of the molecule is CCCCCCCCCCCCN1c2ccccc2C(C)(C)[C@]12C=Cc1cc([NH+]([O-])O)ccc1O2. The Morgan fingerprint density at radius 1 is 0.914 bits per heavy atom. The fraction of sp³-hybridized carbons (Fsp3) is 0.533. The molecule has 2 aromatic rings. The average molecular weight is 479 g/mol. The predicted molar refractivity (Wildman–Crippen MR) is 143 cm³/mol. The van der Waals surface area contributed by atoms with Gasteiger partial charge in [-0.3, -0.25) is 0 Å². The summed E-state index contributed by atoms with van der Waals surface area (Å²) in [5, 5.41) is 19.9. The van der Waals surface area contributed by atoms with Crippen molar-refractivity contribution >= 4 is 17.5 Å². The normalized spacial score (nSPS) is 20.5. The third-order valence-corrected chi connectivity index (χ3v) is 7.91. The highest BCUT2D eigenvalue weighted by Crippen LogP contribution is 2.55. The Labute approximate surface area is 210 Å². The number of nitrogens with one attached hydrogen (secondary N) is 1. The Morgan fingerprint density at radius 3 is 2.26 bits per heavy atom. The Morgan fingerprint density at radius 2 is 1.57 bits per heavy atom. The third-order valence-electron chi connectivity index (χ3n) is 7.91. The zero-order valence-corrected chi connectivity index (χ0v) is 21.7. The van der Waals surface area contributed by atoms with Crippen molar-refractivity contribution in [1.82, 2.24) is 0 Å². The maximum atomic E-state index is 11.4. The van der Waals surface area contributed by atoms with Gasteiger partial charge in [0.25, 0.3) is 0 Å². The lowest BCUT2D eigenvalue weighted by molar-refractivity contribution is -0.991. The van der Waals surface area contributed by atoms with E-state index >= 15 is 0 Å². The molecule has 1 spiro atoms. The largest absolute Gasteiger partial charge is 0.595 e. The lowest BCUT2D eigenvalue weighted by Crippen LogP contribution is -2.99. The molecule has 0 bridgehead atoms. The highest BCUT2D eigenvalue weighted by atomic mass is 16.8. The molecule has 0 aliphatic carbocycles. The van der Waals surface area contributed by atoms with Gasteiger partial charge in [0.2, 0.25) is 5.72 Å². The van der Waals surface area contributed by atoms with Gasteiger partial charge < -0.3 is 14.8 Å². The number of benzene rings is 2. The summed E-state index contributed by atoms with van der Waals surface area (Å²) in [6.07, 6.45) is 17.4. The molecule has 2 atom stereocenters. The van der Waals surface area contributed by atoms with Gasteiger partial charge in [-0.1, -0.05) is 82.9 Å². The highest BCUT2D eigenvalue weighted by Gasteiger charge is 2.58. The van der Waals surface area contributed by atoms with Gasteiger partial charge >= 0.3 is 0 Å². The number of ether oxygens (including phenoxy) is 1. The molecule has 4 rings (SSSR count). The maximum absolute atomic E-state index is 11.4. The minimum atomic E-state index is -0.919. The number of fused-ring (bicyclic) bond motifs is 2. The van der Waals surface area contributed by atoms with Crippen molar-refractivity contribution in [3.8, 4) is 5.75 Å². The molecule has 2 N–H and O–H groups in total. The second kappa shape index (κ2) is 11.2. The van der Waals surface area contributed by atoms with Crippen LogP contribution in [0.25, 0.3) is 6.08 Å². The molecule has 5 heteroatoms. The van der Waals surface area contributed by atoms with Crippen LogP contribution in [0.1, 0.15) is 96.1 Å². The van der Waals surface area contributed by atoms with Crippen molar-refractivity contribution in [2.75, 3.05) is 11.4 Å². The van der Waals surface area contributed by atoms with Crippen molar-refractivity contribution in [3.63, 3.8) is 0 Å². The van der Waals surface area contributed by atoms with Gasteiger partial charge in [-0.15, -0.1) is 0 Å². The van der Waals surface area contributed by atoms with Gasteiger partial charge in [0.1, 0.15) is 5.75 Å². The number of rotatable bonds is 12. The Hall–Kier alpha value is -2.34. The molecule has 35 heavy (non-hydrogen) atoms. The van der Waals surface area contributed by atoms with Crippen LogP contribution in [0, 0.1) is 5.21 Å². The summed E-state index contributed by atoms with van der Waals surface area (Å²) in [6, 6.07) is 13.8. The van der Waals surface area contributed by atoms with Crippen molar-refractivity contribution in [2.45, 2.75) is 96.1 Å². The van der Waals surface area contributed by atoms with Gasteiger partial charge in [-0.2, -0.15) is 5.23 Å². The monoisotopic (exact) mass is 478 g/mol. The molecular weight excluding hydrogens is 436 g/mol. The number of hydrogen-bond acceptors (Lipinski definition) is 4. The van der Waals surface area contributed by atoms with Crippen LogP contribution in [0.4, 0.5) is 11.4 Å². The molecule has 0 radical (unpaired) electrons. The van der Waals surface area contributed by atoms with E-state index in [1.807, 2.05) is 12.1 Å². The summed E-state index contributed by atoms with van der Waals surface area (Å²) in [5.74, 6) is 0.742. The van der Waals surface area contributed by atoms with E-state index in [2.05, 4.69) is 56.0 Å². The van der Waals surface area contributed by atoms with Crippen LogP contribution >= 0.6 is 0 Å². The second-order valence-corrected chi connectivity index (χ2v) is 10.7. The molecular formula is C30H42N2O3. The van der Waals surface area contributed by atoms with Crippen molar-refractivity contribution in [2.24, 2.45) is 0 Å². The molecule has 0 amide bonds. The molecule has 1 unspecified atom stereocenters. The van der Waals surface area contributed by atoms with Gasteiger partial charge in [0, 0.05) is 29.9 Å². The number of unbranched alkanes of at least 4 members (excludes halogenated alkanes) is 9. The smallest absolute Gasteiger partial charge is 0.212 e. The van der Waals surface area contributed by atoms with Crippen LogP contribution < -0.4 is 14.9 Å². The number of quaternary nitrogens is 1.